The second-order valence-electron chi connectivity index (χ2n) is 4.46. The molecular weight excluding hydrogens is 228 g/mol. The summed E-state index contributed by atoms with van der Waals surface area (Å²) in [5.41, 5.74) is 0.932. The summed E-state index contributed by atoms with van der Waals surface area (Å²) in [6.07, 6.45) is 1.59. The van der Waals surface area contributed by atoms with Gasteiger partial charge in [0.15, 0.2) is 5.78 Å². The molecule has 92 valence electrons. The average Bonchev–Trinajstić information content (AvgIpc) is 2.87. The van der Waals surface area contributed by atoms with E-state index in [1.54, 1.807) is 29.2 Å². The predicted octanol–water partition coefficient (Wildman–Crippen LogP) is 1.75. The average molecular weight is 242 g/mol. The Morgan fingerprint density at radius 2 is 2.22 bits per heavy atom. The molecule has 2 rings (SSSR count). The molecule has 1 aliphatic heterocycles. The maximum atomic E-state index is 12.3. The van der Waals surface area contributed by atoms with Crippen LogP contribution in [0.3, 0.4) is 0 Å². The number of hydrogen-bond acceptors (Lipinski definition) is 3. The Labute approximate surface area is 106 Å². The first kappa shape index (κ1) is 12.3. The first-order valence-corrected chi connectivity index (χ1v) is 5.95. The zero-order valence-corrected chi connectivity index (χ0v) is 10.2. The van der Waals surface area contributed by atoms with E-state index in [4.69, 9.17) is 5.26 Å². The fourth-order valence-corrected chi connectivity index (χ4v) is 2.32. The van der Waals surface area contributed by atoms with Crippen LogP contribution in [0.5, 0.6) is 0 Å². The minimum atomic E-state index is -0.303. The molecule has 1 aromatic carbocycles. The van der Waals surface area contributed by atoms with E-state index in [0.29, 0.717) is 17.7 Å². The molecule has 0 aromatic heterocycles. The van der Waals surface area contributed by atoms with E-state index in [9.17, 15) is 9.59 Å². The highest BCUT2D eigenvalue weighted by Gasteiger charge is 2.32. The topological polar surface area (TPSA) is 61.2 Å². The Hall–Kier alpha value is -2.15. The van der Waals surface area contributed by atoms with Crippen LogP contribution in [-0.4, -0.2) is 29.2 Å². The lowest BCUT2D eigenvalue weighted by atomic mass is 10.1. The summed E-state index contributed by atoms with van der Waals surface area (Å²) in [7, 11) is 0. The number of nitrogens with zero attached hydrogens (tertiary/aromatic N) is 2. The minimum Gasteiger partial charge on any atom is -0.329 e. The third-order valence-corrected chi connectivity index (χ3v) is 3.22. The van der Waals surface area contributed by atoms with E-state index in [-0.39, 0.29) is 17.7 Å². The van der Waals surface area contributed by atoms with E-state index in [1.807, 2.05) is 6.07 Å². The van der Waals surface area contributed by atoms with E-state index >= 15 is 0 Å². The molecular formula is C14H14N2O2. The molecule has 0 N–H and O–H groups in total. The van der Waals surface area contributed by atoms with Crippen molar-refractivity contribution in [2.24, 2.45) is 0 Å². The number of carbonyl (C=O) groups excluding carboxylic acids is 2. The monoisotopic (exact) mass is 242 g/mol. The largest absolute Gasteiger partial charge is 0.329 e. The van der Waals surface area contributed by atoms with Gasteiger partial charge in [-0.3, -0.25) is 9.59 Å². The van der Waals surface area contributed by atoms with Crippen molar-refractivity contribution in [2.75, 3.05) is 6.54 Å². The Bertz CT molecular complexity index is 531. The lowest BCUT2D eigenvalue weighted by molar-refractivity contribution is -0.120. The molecule has 1 aliphatic rings. The van der Waals surface area contributed by atoms with Crippen molar-refractivity contribution in [1.82, 2.24) is 4.90 Å². The number of amides is 1. The van der Waals surface area contributed by atoms with Crippen LogP contribution in [0, 0.1) is 11.3 Å². The molecule has 4 nitrogen and oxygen atoms in total. The van der Waals surface area contributed by atoms with Crippen molar-refractivity contribution in [3.05, 3.63) is 35.4 Å². The molecule has 1 fully saturated rings. The first-order chi connectivity index (χ1) is 8.63. The van der Waals surface area contributed by atoms with Crippen LogP contribution >= 0.6 is 0 Å². The summed E-state index contributed by atoms with van der Waals surface area (Å²) in [4.78, 5) is 25.4. The molecule has 1 saturated heterocycles. The molecule has 0 unspecified atom stereocenters. The summed E-state index contributed by atoms with van der Waals surface area (Å²) in [5.74, 6) is -0.137. The highest BCUT2D eigenvalue weighted by molar-refractivity contribution is 5.98. The van der Waals surface area contributed by atoms with E-state index in [1.165, 1.54) is 6.92 Å². The molecule has 0 spiro atoms. The van der Waals surface area contributed by atoms with Gasteiger partial charge in [-0.2, -0.15) is 5.26 Å². The fraction of sp³-hybridized carbons (Fsp3) is 0.357. The van der Waals surface area contributed by atoms with Crippen molar-refractivity contribution in [3.63, 3.8) is 0 Å². The minimum absolute atomic E-state index is 0.0253. The van der Waals surface area contributed by atoms with Gasteiger partial charge in [0.25, 0.3) is 5.91 Å². The van der Waals surface area contributed by atoms with Crippen LogP contribution in [0.4, 0.5) is 0 Å². The van der Waals surface area contributed by atoms with Gasteiger partial charge in [-0.25, -0.2) is 0 Å². The Kier molecular flexibility index (Phi) is 3.42. The SMILES string of the molecule is CC(=O)[C@H]1CCCN1C(=O)c1cccc(C#N)c1. The third-order valence-electron chi connectivity index (χ3n) is 3.22. The number of benzene rings is 1. The summed E-state index contributed by atoms with van der Waals surface area (Å²) < 4.78 is 0. The quantitative estimate of drug-likeness (QED) is 0.793. The predicted molar refractivity (Wildman–Crippen MR) is 65.9 cm³/mol. The number of Topliss-reactive ketones (excluding diaryl/α,β-unsaturated/α-hetero) is 1. The maximum absolute atomic E-state index is 12.3. The van der Waals surface area contributed by atoms with Gasteiger partial charge in [0.05, 0.1) is 17.7 Å². The van der Waals surface area contributed by atoms with Crippen LogP contribution in [-0.2, 0) is 4.79 Å². The van der Waals surface area contributed by atoms with Crippen molar-refractivity contribution in [3.8, 4) is 6.07 Å². The number of nitriles is 1. The van der Waals surface area contributed by atoms with E-state index in [0.717, 1.165) is 12.8 Å². The molecule has 0 radical (unpaired) electrons. The fourth-order valence-electron chi connectivity index (χ4n) is 2.32. The van der Waals surface area contributed by atoms with E-state index in [2.05, 4.69) is 0 Å². The zero-order chi connectivity index (χ0) is 13.1. The van der Waals surface area contributed by atoms with Crippen LogP contribution in [0.1, 0.15) is 35.7 Å². The summed E-state index contributed by atoms with van der Waals surface area (Å²) in [5, 5.41) is 8.82. The van der Waals surface area contributed by atoms with Gasteiger partial charge in [0.1, 0.15) is 0 Å². The molecule has 1 aromatic rings. The Morgan fingerprint density at radius 1 is 1.44 bits per heavy atom. The van der Waals surface area contributed by atoms with E-state index < -0.39 is 0 Å². The Morgan fingerprint density at radius 3 is 2.89 bits per heavy atom. The van der Waals surface area contributed by atoms with Gasteiger partial charge in [-0.1, -0.05) is 6.07 Å². The lowest BCUT2D eigenvalue weighted by Crippen LogP contribution is -2.39. The number of carbonyl (C=O) groups is 2. The van der Waals surface area contributed by atoms with Crippen molar-refractivity contribution in [2.45, 2.75) is 25.8 Å². The summed E-state index contributed by atoms with van der Waals surface area (Å²) in [6.45, 7) is 2.13. The molecule has 4 heteroatoms. The third kappa shape index (κ3) is 2.25. The molecule has 1 amide bonds. The summed E-state index contributed by atoms with van der Waals surface area (Å²) in [6, 6.07) is 8.29. The number of hydrogen-bond donors (Lipinski definition) is 0. The lowest BCUT2D eigenvalue weighted by Gasteiger charge is -2.22. The molecule has 0 saturated carbocycles. The molecule has 18 heavy (non-hydrogen) atoms. The number of ketones is 1. The second kappa shape index (κ2) is 5.01. The normalized spacial score (nSPS) is 18.4. The molecule has 1 heterocycles. The van der Waals surface area contributed by atoms with Crippen LogP contribution < -0.4 is 0 Å². The number of likely N-dealkylation sites (tertiary alicyclic amines) is 1. The second-order valence-corrected chi connectivity index (χ2v) is 4.46. The first-order valence-electron chi connectivity index (χ1n) is 5.95. The smallest absolute Gasteiger partial charge is 0.254 e. The van der Waals surface area contributed by atoms with Gasteiger partial charge in [0, 0.05) is 12.1 Å². The van der Waals surface area contributed by atoms with Gasteiger partial charge >= 0.3 is 0 Å². The van der Waals surface area contributed by atoms with Crippen molar-refractivity contribution < 1.29 is 9.59 Å². The van der Waals surface area contributed by atoms with Crippen LogP contribution in [0.2, 0.25) is 0 Å². The zero-order valence-electron chi connectivity index (χ0n) is 10.2. The van der Waals surface area contributed by atoms with Crippen LogP contribution in [0.25, 0.3) is 0 Å². The standard InChI is InChI=1S/C14H14N2O2/c1-10(17)13-6-3-7-16(13)14(18)12-5-2-4-11(8-12)9-15/h2,4-5,8,13H,3,6-7H2,1H3/t13-/m1/s1. The van der Waals surface area contributed by atoms with Crippen molar-refractivity contribution in [1.29, 1.82) is 5.26 Å². The maximum Gasteiger partial charge on any atom is 0.254 e. The molecule has 0 aliphatic carbocycles. The molecule has 0 bridgehead atoms. The Balaban J connectivity index is 2.25. The van der Waals surface area contributed by atoms with Gasteiger partial charge in [0.2, 0.25) is 0 Å². The number of rotatable bonds is 2. The van der Waals surface area contributed by atoms with Crippen LogP contribution in [0.15, 0.2) is 24.3 Å². The highest BCUT2D eigenvalue weighted by atomic mass is 16.2. The molecule has 1 atom stereocenters. The van der Waals surface area contributed by atoms with Crippen molar-refractivity contribution >= 4 is 11.7 Å². The highest BCUT2D eigenvalue weighted by Crippen LogP contribution is 2.21. The van der Waals surface area contributed by atoms with Gasteiger partial charge in [-0.05, 0) is 38.0 Å². The van der Waals surface area contributed by atoms with Gasteiger partial charge in [-0.15, -0.1) is 0 Å². The van der Waals surface area contributed by atoms with Gasteiger partial charge < -0.3 is 4.90 Å². The summed E-state index contributed by atoms with van der Waals surface area (Å²) >= 11 is 0.